The number of nitrogens with one attached hydrogen (secondary N) is 1. The van der Waals surface area contributed by atoms with Crippen molar-refractivity contribution in [1.29, 1.82) is 0 Å². The molecular formula is C12H21N3O2S. The summed E-state index contributed by atoms with van der Waals surface area (Å²) < 4.78 is 25.1. The zero-order valence-electron chi connectivity index (χ0n) is 10.7. The summed E-state index contributed by atoms with van der Waals surface area (Å²) in [6.07, 6.45) is 8.80. The van der Waals surface area contributed by atoms with Crippen LogP contribution in [0.4, 0.5) is 0 Å². The number of aromatic nitrogens is 2. The van der Waals surface area contributed by atoms with Crippen molar-refractivity contribution in [2.75, 3.05) is 12.8 Å². The smallest absolute Gasteiger partial charge is 0.151 e. The van der Waals surface area contributed by atoms with Gasteiger partial charge in [-0.15, -0.1) is 0 Å². The van der Waals surface area contributed by atoms with Crippen LogP contribution in [0, 0.1) is 0 Å². The summed E-state index contributed by atoms with van der Waals surface area (Å²) >= 11 is 0. The van der Waals surface area contributed by atoms with Crippen LogP contribution in [0.5, 0.6) is 0 Å². The van der Waals surface area contributed by atoms with Crippen LogP contribution >= 0.6 is 0 Å². The van der Waals surface area contributed by atoms with Crippen LogP contribution < -0.4 is 5.32 Å². The molecule has 1 aromatic heterocycles. The molecule has 1 N–H and O–H groups in total. The Morgan fingerprint density at radius 1 is 1.44 bits per heavy atom. The van der Waals surface area contributed by atoms with Gasteiger partial charge in [-0.1, -0.05) is 6.42 Å². The van der Waals surface area contributed by atoms with Crippen molar-refractivity contribution >= 4 is 9.84 Å². The first-order chi connectivity index (χ1) is 8.57. The Kier molecular flexibility index (Phi) is 4.40. The van der Waals surface area contributed by atoms with Crippen molar-refractivity contribution in [3.05, 3.63) is 18.5 Å². The van der Waals surface area contributed by atoms with Crippen molar-refractivity contribution in [2.45, 2.75) is 43.5 Å². The highest BCUT2D eigenvalue weighted by atomic mass is 32.2. The van der Waals surface area contributed by atoms with Gasteiger partial charge in [0.1, 0.15) is 0 Å². The van der Waals surface area contributed by atoms with Gasteiger partial charge in [0.15, 0.2) is 9.84 Å². The molecule has 1 aliphatic rings. The molecule has 0 radical (unpaired) electrons. The monoisotopic (exact) mass is 271 g/mol. The van der Waals surface area contributed by atoms with Gasteiger partial charge in [0.2, 0.25) is 0 Å². The van der Waals surface area contributed by atoms with E-state index in [-0.39, 0.29) is 11.3 Å². The van der Waals surface area contributed by atoms with E-state index in [1.807, 2.05) is 16.9 Å². The molecule has 5 nitrogen and oxygen atoms in total. The highest BCUT2D eigenvalue weighted by Crippen LogP contribution is 2.24. The van der Waals surface area contributed by atoms with Crippen LogP contribution in [-0.2, 0) is 16.4 Å². The number of aryl methyl sites for hydroxylation is 1. The van der Waals surface area contributed by atoms with Crippen molar-refractivity contribution in [2.24, 2.45) is 0 Å². The van der Waals surface area contributed by atoms with Crippen LogP contribution in [0.15, 0.2) is 18.5 Å². The van der Waals surface area contributed by atoms with Crippen molar-refractivity contribution < 1.29 is 8.42 Å². The lowest BCUT2D eigenvalue weighted by Crippen LogP contribution is -2.40. The van der Waals surface area contributed by atoms with E-state index in [2.05, 4.69) is 10.4 Å². The highest BCUT2D eigenvalue weighted by Gasteiger charge is 2.33. The third-order valence-electron chi connectivity index (χ3n) is 3.53. The van der Waals surface area contributed by atoms with E-state index >= 15 is 0 Å². The number of hydrogen-bond acceptors (Lipinski definition) is 4. The predicted molar refractivity (Wildman–Crippen MR) is 71.1 cm³/mol. The lowest BCUT2D eigenvalue weighted by molar-refractivity contribution is 0.476. The highest BCUT2D eigenvalue weighted by molar-refractivity contribution is 7.91. The third-order valence-corrected chi connectivity index (χ3v) is 5.20. The fourth-order valence-corrected chi connectivity index (χ4v) is 4.06. The Morgan fingerprint density at radius 3 is 2.94 bits per heavy atom. The van der Waals surface area contributed by atoms with E-state index in [9.17, 15) is 8.42 Å². The first-order valence-electron chi connectivity index (χ1n) is 6.47. The lowest BCUT2D eigenvalue weighted by Gasteiger charge is -2.19. The van der Waals surface area contributed by atoms with Gasteiger partial charge in [-0.25, -0.2) is 8.42 Å². The normalized spacial score (nSPS) is 24.5. The molecule has 0 saturated heterocycles. The fourth-order valence-electron chi connectivity index (χ4n) is 2.63. The zero-order valence-corrected chi connectivity index (χ0v) is 11.6. The van der Waals surface area contributed by atoms with E-state index in [0.717, 1.165) is 38.8 Å². The molecule has 1 heterocycles. The maximum absolute atomic E-state index is 11.6. The van der Waals surface area contributed by atoms with Crippen LogP contribution in [-0.4, -0.2) is 42.3 Å². The zero-order chi connectivity index (χ0) is 13.0. The third kappa shape index (κ3) is 3.55. The van der Waals surface area contributed by atoms with Gasteiger partial charge in [0.25, 0.3) is 0 Å². The molecule has 1 fully saturated rings. The van der Waals surface area contributed by atoms with E-state index < -0.39 is 9.84 Å². The summed E-state index contributed by atoms with van der Waals surface area (Å²) in [6.45, 7) is 1.72. The van der Waals surface area contributed by atoms with Gasteiger partial charge in [-0.2, -0.15) is 5.10 Å². The van der Waals surface area contributed by atoms with E-state index in [1.165, 1.54) is 6.26 Å². The van der Waals surface area contributed by atoms with Gasteiger partial charge in [0.05, 0.1) is 5.25 Å². The summed E-state index contributed by atoms with van der Waals surface area (Å²) in [5.41, 5.74) is 0. The predicted octanol–water partition coefficient (Wildman–Crippen LogP) is 0.828. The average Bonchev–Trinajstić information content (AvgIpc) is 2.94. The summed E-state index contributed by atoms with van der Waals surface area (Å²) in [4.78, 5) is 0. The SMILES string of the molecule is CS(=O)(=O)[C@@H]1CCC[C@H]1NCCCn1cccn1. The number of rotatable bonds is 6. The van der Waals surface area contributed by atoms with E-state index in [4.69, 9.17) is 0 Å². The summed E-state index contributed by atoms with van der Waals surface area (Å²) in [5, 5.41) is 7.32. The molecule has 1 saturated carbocycles. The maximum atomic E-state index is 11.6. The number of sulfone groups is 1. The molecule has 0 spiro atoms. The quantitative estimate of drug-likeness (QED) is 0.778. The fraction of sp³-hybridized carbons (Fsp3) is 0.750. The summed E-state index contributed by atoms with van der Waals surface area (Å²) in [7, 11) is -2.91. The van der Waals surface area contributed by atoms with Gasteiger partial charge in [-0.3, -0.25) is 4.68 Å². The minimum absolute atomic E-state index is 0.137. The Hall–Kier alpha value is -0.880. The second kappa shape index (κ2) is 5.84. The molecule has 1 aliphatic carbocycles. The maximum Gasteiger partial charge on any atom is 0.151 e. The minimum Gasteiger partial charge on any atom is -0.313 e. The minimum atomic E-state index is -2.91. The van der Waals surface area contributed by atoms with Crippen LogP contribution in [0.3, 0.4) is 0 Å². The lowest BCUT2D eigenvalue weighted by atomic mass is 10.2. The standard InChI is InChI=1S/C12H21N3O2S/c1-18(16,17)12-6-2-5-11(12)13-7-3-9-15-10-4-8-14-15/h4,8,10-13H,2-3,5-7,9H2,1H3/t11-,12-/m1/s1. The molecule has 1 aromatic rings. The largest absolute Gasteiger partial charge is 0.313 e. The molecule has 6 heteroatoms. The molecule has 0 bridgehead atoms. The van der Waals surface area contributed by atoms with E-state index in [0.29, 0.717) is 0 Å². The van der Waals surface area contributed by atoms with Crippen molar-refractivity contribution in [1.82, 2.24) is 15.1 Å². The van der Waals surface area contributed by atoms with Crippen LogP contribution in [0.1, 0.15) is 25.7 Å². The molecule has 0 aliphatic heterocycles. The number of nitrogens with zero attached hydrogens (tertiary/aromatic N) is 2. The van der Waals surface area contributed by atoms with Crippen LogP contribution in [0.25, 0.3) is 0 Å². The summed E-state index contributed by atoms with van der Waals surface area (Å²) in [5.74, 6) is 0. The molecular weight excluding hydrogens is 250 g/mol. The van der Waals surface area contributed by atoms with E-state index in [1.54, 1.807) is 6.20 Å². The van der Waals surface area contributed by atoms with Crippen LogP contribution in [0.2, 0.25) is 0 Å². The molecule has 18 heavy (non-hydrogen) atoms. The molecule has 0 aromatic carbocycles. The Morgan fingerprint density at radius 2 is 2.28 bits per heavy atom. The molecule has 102 valence electrons. The molecule has 0 unspecified atom stereocenters. The topological polar surface area (TPSA) is 64.0 Å². The number of hydrogen-bond donors (Lipinski definition) is 1. The first kappa shape index (κ1) is 13.5. The van der Waals surface area contributed by atoms with Crippen molar-refractivity contribution in [3.8, 4) is 0 Å². The van der Waals surface area contributed by atoms with Gasteiger partial charge >= 0.3 is 0 Å². The molecule has 2 atom stereocenters. The Balaban J connectivity index is 1.73. The summed E-state index contributed by atoms with van der Waals surface area (Å²) in [6, 6.07) is 2.04. The Labute approximate surface area is 108 Å². The van der Waals surface area contributed by atoms with Gasteiger partial charge in [-0.05, 0) is 31.9 Å². The molecule has 2 rings (SSSR count). The second-order valence-corrected chi connectivity index (χ2v) is 7.25. The average molecular weight is 271 g/mol. The second-order valence-electron chi connectivity index (χ2n) is 4.98. The Bertz CT molecular complexity index is 456. The van der Waals surface area contributed by atoms with Crippen molar-refractivity contribution in [3.63, 3.8) is 0 Å². The van der Waals surface area contributed by atoms with Gasteiger partial charge < -0.3 is 5.32 Å². The molecule has 0 amide bonds. The van der Waals surface area contributed by atoms with Gasteiger partial charge in [0, 0.05) is 31.2 Å². The first-order valence-corrected chi connectivity index (χ1v) is 8.42.